The molecule has 116 valence electrons. The van der Waals surface area contributed by atoms with E-state index in [0.717, 1.165) is 30.6 Å². The summed E-state index contributed by atoms with van der Waals surface area (Å²) < 4.78 is 13.2. The van der Waals surface area contributed by atoms with E-state index in [2.05, 4.69) is 25.1 Å². The van der Waals surface area contributed by atoms with Gasteiger partial charge >= 0.3 is 0 Å². The van der Waals surface area contributed by atoms with Gasteiger partial charge in [0.1, 0.15) is 0 Å². The van der Waals surface area contributed by atoms with Crippen LogP contribution in [-0.2, 0) is 10.8 Å². The predicted octanol–water partition coefficient (Wildman–Crippen LogP) is 4.38. The van der Waals surface area contributed by atoms with Gasteiger partial charge < -0.3 is 0 Å². The largest absolute Gasteiger partial charge is 0.254 e. The molecule has 5 atom stereocenters. The number of hydrogen-bond donors (Lipinski definition) is 0. The van der Waals surface area contributed by atoms with E-state index in [1.165, 1.54) is 5.56 Å². The first-order valence-corrected chi connectivity index (χ1v) is 9.40. The van der Waals surface area contributed by atoms with Gasteiger partial charge in [-0.05, 0) is 43.7 Å². The summed E-state index contributed by atoms with van der Waals surface area (Å²) >= 11 is 0. The van der Waals surface area contributed by atoms with Crippen molar-refractivity contribution in [1.82, 2.24) is 0 Å². The van der Waals surface area contributed by atoms with Crippen LogP contribution in [0, 0.1) is 35.5 Å². The maximum absolute atomic E-state index is 13.2. The first-order chi connectivity index (χ1) is 10.6. The molecule has 1 aromatic carbocycles. The van der Waals surface area contributed by atoms with E-state index >= 15 is 0 Å². The second kappa shape index (κ2) is 6.01. The Hall–Kier alpha value is -1.40. The summed E-state index contributed by atoms with van der Waals surface area (Å²) in [6.45, 7) is 4.19. The molecule has 1 saturated carbocycles. The molecule has 0 spiro atoms. The van der Waals surface area contributed by atoms with E-state index in [4.69, 9.17) is 0 Å². The fourth-order valence-corrected chi connectivity index (χ4v) is 6.04. The van der Waals surface area contributed by atoms with E-state index in [1.807, 2.05) is 31.2 Å². The van der Waals surface area contributed by atoms with Crippen molar-refractivity contribution in [1.29, 1.82) is 5.26 Å². The van der Waals surface area contributed by atoms with E-state index < -0.39 is 16.2 Å². The Bertz CT molecular complexity index is 642. The molecule has 0 aromatic heterocycles. The van der Waals surface area contributed by atoms with Gasteiger partial charge in [-0.2, -0.15) is 5.26 Å². The van der Waals surface area contributed by atoms with Crippen molar-refractivity contribution >= 4 is 10.8 Å². The van der Waals surface area contributed by atoms with Crippen molar-refractivity contribution < 1.29 is 4.21 Å². The third-order valence-electron chi connectivity index (χ3n) is 5.31. The number of rotatable bonds is 5. The minimum Gasteiger partial charge on any atom is -0.254 e. The van der Waals surface area contributed by atoms with Crippen LogP contribution < -0.4 is 0 Å². The third-order valence-corrected chi connectivity index (χ3v) is 7.28. The monoisotopic (exact) mass is 313 g/mol. The van der Waals surface area contributed by atoms with Gasteiger partial charge in [-0.1, -0.05) is 49.6 Å². The Morgan fingerprint density at radius 3 is 2.68 bits per heavy atom. The highest BCUT2D eigenvalue weighted by atomic mass is 32.2. The zero-order chi connectivity index (χ0) is 15.7. The number of unbranched alkanes of at least 4 members (excludes halogenated alkanes) is 1. The highest BCUT2D eigenvalue weighted by molar-refractivity contribution is 7.85. The number of aryl methyl sites for hydroxylation is 1. The van der Waals surface area contributed by atoms with Gasteiger partial charge in [0.05, 0.1) is 27.5 Å². The van der Waals surface area contributed by atoms with Gasteiger partial charge in [-0.15, -0.1) is 0 Å². The lowest BCUT2D eigenvalue weighted by atomic mass is 9.73. The van der Waals surface area contributed by atoms with Crippen LogP contribution in [0.3, 0.4) is 0 Å². The minimum absolute atomic E-state index is 0.0539. The summed E-state index contributed by atoms with van der Waals surface area (Å²) in [6.07, 6.45) is 8.38. The summed E-state index contributed by atoms with van der Waals surface area (Å²) in [5.74, 6) is 0.581. The number of fused-ring (bicyclic) bond motifs is 2. The second-order valence-electron chi connectivity index (χ2n) is 6.68. The standard InChI is InChI=1S/C19H23NOS/c1-3-4-11-19(13-20)16-8-7-15(12-16)18(19)22(21)17-9-5-14(2)6-10-17/h5-10,15-16,18H,3-4,11-12H2,1-2H3/t15-,16+,18-,19+,22+/m1/s1. The molecule has 0 saturated heterocycles. The number of benzene rings is 1. The summed E-state index contributed by atoms with van der Waals surface area (Å²) in [5, 5.41) is 9.90. The van der Waals surface area contributed by atoms with Crippen molar-refractivity contribution in [2.45, 2.75) is 49.7 Å². The molecular formula is C19H23NOS. The summed E-state index contributed by atoms with van der Waals surface area (Å²) in [4.78, 5) is 0.868. The Morgan fingerprint density at radius 1 is 1.32 bits per heavy atom. The molecule has 0 heterocycles. The topological polar surface area (TPSA) is 40.9 Å². The average molecular weight is 313 g/mol. The molecular weight excluding hydrogens is 290 g/mol. The van der Waals surface area contributed by atoms with Crippen LogP contribution >= 0.6 is 0 Å². The quantitative estimate of drug-likeness (QED) is 0.757. The SMILES string of the molecule is CCCC[C@]1(C#N)[C@H]2C=C[C@H](C2)[C@H]1[S@@](=O)c1ccc(C)cc1. The lowest BCUT2D eigenvalue weighted by molar-refractivity contribution is 0.297. The van der Waals surface area contributed by atoms with E-state index in [9.17, 15) is 9.47 Å². The average Bonchev–Trinajstić information content (AvgIpc) is 3.12. The lowest BCUT2D eigenvalue weighted by Gasteiger charge is -2.35. The molecule has 1 aromatic rings. The molecule has 1 fully saturated rings. The van der Waals surface area contributed by atoms with Crippen LogP contribution in [0.4, 0.5) is 0 Å². The van der Waals surface area contributed by atoms with Crippen molar-refractivity contribution in [3.63, 3.8) is 0 Å². The van der Waals surface area contributed by atoms with Crippen molar-refractivity contribution in [2.24, 2.45) is 17.3 Å². The second-order valence-corrected chi connectivity index (χ2v) is 8.25. The summed E-state index contributed by atoms with van der Waals surface area (Å²) in [7, 11) is -1.11. The molecule has 0 unspecified atom stereocenters. The predicted molar refractivity (Wildman–Crippen MR) is 89.7 cm³/mol. The molecule has 0 amide bonds. The molecule has 2 aliphatic rings. The molecule has 22 heavy (non-hydrogen) atoms. The van der Waals surface area contributed by atoms with E-state index in [0.29, 0.717) is 5.92 Å². The number of hydrogen-bond acceptors (Lipinski definition) is 2. The fraction of sp³-hybridized carbons (Fsp3) is 0.526. The normalized spacial score (nSPS) is 33.8. The van der Waals surface area contributed by atoms with Crippen LogP contribution in [0.5, 0.6) is 0 Å². The molecule has 0 N–H and O–H groups in total. The van der Waals surface area contributed by atoms with Gasteiger partial charge in [-0.25, -0.2) is 0 Å². The van der Waals surface area contributed by atoms with Gasteiger partial charge in [0.25, 0.3) is 0 Å². The zero-order valence-corrected chi connectivity index (χ0v) is 14.1. The lowest BCUT2D eigenvalue weighted by Crippen LogP contribution is -2.40. The van der Waals surface area contributed by atoms with Gasteiger partial charge in [-0.3, -0.25) is 4.21 Å². The number of nitrogens with zero attached hydrogens (tertiary/aromatic N) is 1. The molecule has 0 aliphatic heterocycles. The van der Waals surface area contributed by atoms with Crippen LogP contribution in [0.15, 0.2) is 41.3 Å². The maximum atomic E-state index is 13.2. The highest BCUT2D eigenvalue weighted by Gasteiger charge is 2.58. The first-order valence-electron chi connectivity index (χ1n) is 8.19. The van der Waals surface area contributed by atoms with Crippen molar-refractivity contribution in [2.75, 3.05) is 0 Å². The Kier molecular flexibility index (Phi) is 4.23. The Morgan fingerprint density at radius 2 is 2.05 bits per heavy atom. The number of allylic oxidation sites excluding steroid dienone is 2. The van der Waals surface area contributed by atoms with E-state index in [-0.39, 0.29) is 11.2 Å². The molecule has 3 rings (SSSR count). The minimum atomic E-state index is -1.11. The van der Waals surface area contributed by atoms with Crippen LogP contribution in [0.2, 0.25) is 0 Å². The third kappa shape index (κ3) is 2.34. The Balaban J connectivity index is 1.96. The summed E-state index contributed by atoms with van der Waals surface area (Å²) in [6, 6.07) is 10.6. The Labute approximate surface area is 135 Å². The van der Waals surface area contributed by atoms with Crippen molar-refractivity contribution in [3.8, 4) is 6.07 Å². The highest BCUT2D eigenvalue weighted by Crippen LogP contribution is 2.57. The smallest absolute Gasteiger partial charge is 0.0789 e. The molecule has 2 aliphatic carbocycles. The molecule has 2 bridgehead atoms. The zero-order valence-electron chi connectivity index (χ0n) is 13.3. The van der Waals surface area contributed by atoms with E-state index in [1.54, 1.807) is 0 Å². The first kappa shape index (κ1) is 15.5. The molecule has 2 nitrogen and oxygen atoms in total. The van der Waals surface area contributed by atoms with Gasteiger partial charge in [0.15, 0.2) is 0 Å². The van der Waals surface area contributed by atoms with Gasteiger partial charge in [0.2, 0.25) is 0 Å². The van der Waals surface area contributed by atoms with Crippen LogP contribution in [-0.4, -0.2) is 9.46 Å². The van der Waals surface area contributed by atoms with Crippen LogP contribution in [0.1, 0.15) is 38.2 Å². The van der Waals surface area contributed by atoms with Crippen LogP contribution in [0.25, 0.3) is 0 Å². The summed E-state index contributed by atoms with van der Waals surface area (Å²) in [5.41, 5.74) is 0.733. The number of nitriles is 1. The molecule has 3 heteroatoms. The fourth-order valence-electron chi connectivity index (χ4n) is 4.09. The van der Waals surface area contributed by atoms with Crippen molar-refractivity contribution in [3.05, 3.63) is 42.0 Å². The van der Waals surface area contributed by atoms with Gasteiger partial charge in [0, 0.05) is 4.90 Å². The maximum Gasteiger partial charge on any atom is 0.0789 e. The molecule has 0 radical (unpaired) electrons.